The van der Waals surface area contributed by atoms with Crippen LogP contribution in [0.5, 0.6) is 5.75 Å². The van der Waals surface area contributed by atoms with Crippen LogP contribution in [-0.2, 0) is 11.3 Å². The normalized spacial score (nSPS) is 14.0. The maximum atomic E-state index is 10.3. The van der Waals surface area contributed by atoms with E-state index in [9.17, 15) is 5.11 Å². The lowest BCUT2D eigenvalue weighted by Gasteiger charge is -2.24. The van der Waals surface area contributed by atoms with Crippen LogP contribution in [0.1, 0.15) is 25.8 Å². The highest BCUT2D eigenvalue weighted by molar-refractivity contribution is 7.98. The van der Waals surface area contributed by atoms with Crippen LogP contribution in [0.15, 0.2) is 29.3 Å². The van der Waals surface area contributed by atoms with Crippen LogP contribution >= 0.6 is 11.8 Å². The first kappa shape index (κ1) is 22.6. The molecular formula is C19H33N3O3S. The topological polar surface area (TPSA) is 75.1 Å². The third kappa shape index (κ3) is 9.89. The molecule has 0 heterocycles. The Morgan fingerprint density at radius 1 is 1.27 bits per heavy atom. The highest BCUT2D eigenvalue weighted by atomic mass is 32.2. The summed E-state index contributed by atoms with van der Waals surface area (Å²) in [6.45, 7) is 7.02. The van der Waals surface area contributed by atoms with Crippen molar-refractivity contribution >= 4 is 17.7 Å². The zero-order valence-electron chi connectivity index (χ0n) is 16.4. The molecule has 0 spiro atoms. The molecule has 1 aromatic carbocycles. The number of aliphatic hydroxyl groups is 1. The molecule has 148 valence electrons. The van der Waals surface area contributed by atoms with E-state index < -0.39 is 5.60 Å². The summed E-state index contributed by atoms with van der Waals surface area (Å²) in [6, 6.07) is 7.85. The second kappa shape index (κ2) is 12.8. The van der Waals surface area contributed by atoms with E-state index in [2.05, 4.69) is 15.6 Å². The van der Waals surface area contributed by atoms with Crippen molar-refractivity contribution in [3.63, 3.8) is 0 Å². The molecule has 0 amide bonds. The van der Waals surface area contributed by atoms with Gasteiger partial charge in [-0.25, -0.2) is 4.99 Å². The molecule has 0 aliphatic heterocycles. The average Bonchev–Trinajstić information content (AvgIpc) is 2.63. The Kier molecular flexibility index (Phi) is 11.2. The van der Waals surface area contributed by atoms with Crippen LogP contribution in [0.4, 0.5) is 0 Å². The van der Waals surface area contributed by atoms with E-state index in [4.69, 9.17) is 9.47 Å². The second-order valence-electron chi connectivity index (χ2n) is 6.27. The molecule has 1 unspecified atom stereocenters. The Labute approximate surface area is 161 Å². The molecule has 1 aromatic rings. The summed E-state index contributed by atoms with van der Waals surface area (Å²) in [5.41, 5.74) is 0.310. The maximum Gasteiger partial charge on any atom is 0.191 e. The minimum absolute atomic E-state index is 0.438. The minimum Gasteiger partial charge on any atom is -0.497 e. The smallest absolute Gasteiger partial charge is 0.191 e. The van der Waals surface area contributed by atoms with Gasteiger partial charge in [-0.3, -0.25) is 0 Å². The molecular weight excluding hydrogens is 350 g/mol. The molecule has 6 nitrogen and oxygen atoms in total. The van der Waals surface area contributed by atoms with Gasteiger partial charge in [0.25, 0.3) is 0 Å². The third-order valence-electron chi connectivity index (χ3n) is 3.63. The highest BCUT2D eigenvalue weighted by Gasteiger charge is 2.19. The van der Waals surface area contributed by atoms with E-state index >= 15 is 0 Å². The molecule has 26 heavy (non-hydrogen) atoms. The number of rotatable bonds is 12. The molecule has 0 fully saturated rings. The predicted molar refractivity (Wildman–Crippen MR) is 110 cm³/mol. The summed E-state index contributed by atoms with van der Waals surface area (Å²) in [5, 5.41) is 16.9. The van der Waals surface area contributed by atoms with Crippen molar-refractivity contribution in [3.05, 3.63) is 29.8 Å². The number of benzene rings is 1. The summed E-state index contributed by atoms with van der Waals surface area (Å²) < 4.78 is 10.5. The quantitative estimate of drug-likeness (QED) is 0.292. The average molecular weight is 384 g/mol. The van der Waals surface area contributed by atoms with Crippen molar-refractivity contribution in [1.82, 2.24) is 10.6 Å². The maximum absolute atomic E-state index is 10.3. The number of hydrogen-bond donors (Lipinski definition) is 3. The van der Waals surface area contributed by atoms with Crippen molar-refractivity contribution in [2.75, 3.05) is 45.4 Å². The first-order valence-corrected chi connectivity index (χ1v) is 10.3. The molecule has 1 atom stereocenters. The molecule has 0 radical (unpaired) electrons. The first-order valence-electron chi connectivity index (χ1n) is 8.95. The number of hydrogen-bond acceptors (Lipinski definition) is 5. The van der Waals surface area contributed by atoms with E-state index in [1.807, 2.05) is 44.4 Å². The Hall–Kier alpha value is -1.44. The summed E-state index contributed by atoms with van der Waals surface area (Å²) in [7, 11) is 1.65. The largest absolute Gasteiger partial charge is 0.497 e. The summed E-state index contributed by atoms with van der Waals surface area (Å²) >= 11 is 1.62. The Balaban J connectivity index is 2.61. The van der Waals surface area contributed by atoms with Crippen LogP contribution in [0.3, 0.4) is 0 Å². The molecule has 0 aliphatic rings. The van der Waals surface area contributed by atoms with Gasteiger partial charge in [0.15, 0.2) is 5.96 Å². The van der Waals surface area contributed by atoms with Gasteiger partial charge in [0.2, 0.25) is 0 Å². The number of nitrogens with zero attached hydrogens (tertiary/aromatic N) is 1. The van der Waals surface area contributed by atoms with Gasteiger partial charge in [-0.2, -0.15) is 11.8 Å². The van der Waals surface area contributed by atoms with Gasteiger partial charge in [-0.05, 0) is 44.2 Å². The minimum atomic E-state index is -0.784. The van der Waals surface area contributed by atoms with E-state index in [1.165, 1.54) is 0 Å². The fourth-order valence-corrected chi connectivity index (χ4v) is 2.96. The van der Waals surface area contributed by atoms with Gasteiger partial charge in [0, 0.05) is 32.1 Å². The zero-order chi connectivity index (χ0) is 19.3. The Bertz CT molecular complexity index is 521. The second-order valence-corrected chi connectivity index (χ2v) is 7.14. The molecule has 0 saturated carbocycles. The molecule has 0 aromatic heterocycles. The highest BCUT2D eigenvalue weighted by Crippen LogP contribution is 2.12. The first-order chi connectivity index (χ1) is 12.5. The molecule has 0 saturated heterocycles. The standard InChI is InChI=1S/C19H33N3O3S/c1-5-25-12-6-11-20-18(22-14-19(2,23)15-26-4)21-13-16-7-9-17(24-3)10-8-16/h7-10,23H,5-6,11-15H2,1-4H3,(H2,20,21,22). The number of ether oxygens (including phenoxy) is 2. The number of thioether (sulfide) groups is 1. The van der Waals surface area contributed by atoms with Gasteiger partial charge in [0.1, 0.15) is 5.75 Å². The van der Waals surface area contributed by atoms with Crippen LogP contribution in [-0.4, -0.2) is 62.1 Å². The van der Waals surface area contributed by atoms with E-state index in [0.29, 0.717) is 24.8 Å². The third-order valence-corrected chi connectivity index (χ3v) is 4.54. The SMILES string of the molecule is CCOCCCNC(=NCc1ccc(OC)cc1)NCC(C)(O)CSC. The lowest BCUT2D eigenvalue weighted by molar-refractivity contribution is 0.0897. The van der Waals surface area contributed by atoms with Gasteiger partial charge < -0.3 is 25.2 Å². The lowest BCUT2D eigenvalue weighted by atomic mass is 10.1. The predicted octanol–water partition coefficient (Wildman–Crippen LogP) is 2.27. The van der Waals surface area contributed by atoms with Crippen LogP contribution < -0.4 is 15.4 Å². The summed E-state index contributed by atoms with van der Waals surface area (Å²) in [6.07, 6.45) is 2.89. The Morgan fingerprint density at radius 3 is 2.62 bits per heavy atom. The molecule has 7 heteroatoms. The van der Waals surface area contributed by atoms with Crippen molar-refractivity contribution in [1.29, 1.82) is 0 Å². The fourth-order valence-electron chi connectivity index (χ4n) is 2.24. The van der Waals surface area contributed by atoms with Crippen molar-refractivity contribution < 1.29 is 14.6 Å². The Morgan fingerprint density at radius 2 is 2.00 bits per heavy atom. The fraction of sp³-hybridized carbons (Fsp3) is 0.632. The van der Waals surface area contributed by atoms with Crippen molar-refractivity contribution in [2.24, 2.45) is 4.99 Å². The summed E-state index contributed by atoms with van der Waals surface area (Å²) in [5.74, 6) is 2.19. The molecule has 0 bridgehead atoms. The number of aliphatic imine (C=N–C) groups is 1. The van der Waals surface area contributed by atoms with Gasteiger partial charge in [0.05, 0.1) is 19.3 Å². The monoisotopic (exact) mass is 383 g/mol. The summed E-state index contributed by atoms with van der Waals surface area (Å²) in [4.78, 5) is 4.63. The van der Waals surface area contributed by atoms with Crippen LogP contribution in [0.2, 0.25) is 0 Å². The van der Waals surface area contributed by atoms with E-state index in [-0.39, 0.29) is 0 Å². The van der Waals surface area contributed by atoms with Crippen LogP contribution in [0.25, 0.3) is 0 Å². The van der Waals surface area contributed by atoms with E-state index in [0.717, 1.165) is 37.5 Å². The molecule has 3 N–H and O–H groups in total. The van der Waals surface area contributed by atoms with Crippen LogP contribution in [0, 0.1) is 0 Å². The van der Waals surface area contributed by atoms with E-state index in [1.54, 1.807) is 18.9 Å². The molecule has 0 aliphatic carbocycles. The van der Waals surface area contributed by atoms with Gasteiger partial charge in [-0.1, -0.05) is 12.1 Å². The molecule has 1 rings (SSSR count). The van der Waals surface area contributed by atoms with Crippen molar-refractivity contribution in [3.8, 4) is 5.75 Å². The number of guanidine groups is 1. The van der Waals surface area contributed by atoms with Gasteiger partial charge in [-0.15, -0.1) is 0 Å². The van der Waals surface area contributed by atoms with Crippen molar-refractivity contribution in [2.45, 2.75) is 32.4 Å². The number of methoxy groups -OCH3 is 1. The lowest BCUT2D eigenvalue weighted by Crippen LogP contribution is -2.47. The van der Waals surface area contributed by atoms with Gasteiger partial charge >= 0.3 is 0 Å². The number of nitrogens with one attached hydrogen (secondary N) is 2. The zero-order valence-corrected chi connectivity index (χ0v) is 17.2.